The molecule has 1 aromatic heterocycles. The van der Waals surface area contributed by atoms with E-state index < -0.39 is 5.97 Å². The summed E-state index contributed by atoms with van der Waals surface area (Å²) >= 11 is 0. The van der Waals surface area contributed by atoms with Crippen molar-refractivity contribution in [3.8, 4) is 0 Å². The maximum Gasteiger partial charge on any atom is 0.309 e. The van der Waals surface area contributed by atoms with Crippen LogP contribution in [0, 0.1) is 0 Å². The van der Waals surface area contributed by atoms with Crippen LogP contribution in [0.1, 0.15) is 12.6 Å². The van der Waals surface area contributed by atoms with Crippen molar-refractivity contribution in [3.05, 3.63) is 11.9 Å². The van der Waals surface area contributed by atoms with Crippen molar-refractivity contribution in [2.24, 2.45) is 0 Å². The van der Waals surface area contributed by atoms with Crippen molar-refractivity contribution in [2.75, 3.05) is 13.2 Å². The first-order valence-electron chi connectivity index (χ1n) is 4.41. The fourth-order valence-electron chi connectivity index (χ4n) is 0.986. The quantitative estimate of drug-likeness (QED) is 0.649. The fourth-order valence-corrected chi connectivity index (χ4v) is 0.986. The molecule has 0 bridgehead atoms. The lowest BCUT2D eigenvalue weighted by atomic mass is 10.3. The summed E-state index contributed by atoms with van der Waals surface area (Å²) in [6, 6.07) is 0. The Morgan fingerprint density at radius 2 is 2.50 bits per heavy atom. The third-order valence-corrected chi connectivity index (χ3v) is 1.59. The van der Waals surface area contributed by atoms with Crippen LogP contribution in [0.15, 0.2) is 6.20 Å². The zero-order chi connectivity index (χ0) is 10.4. The Bertz CT molecular complexity index is 298. The zero-order valence-corrected chi connectivity index (χ0v) is 8.01. The van der Waals surface area contributed by atoms with Crippen LogP contribution in [0.5, 0.6) is 0 Å². The largest absolute Gasteiger partial charge is 0.481 e. The van der Waals surface area contributed by atoms with E-state index in [2.05, 4.69) is 10.3 Å². The Labute approximate surface area is 81.5 Å². The number of aromatic nitrogens is 3. The average molecular weight is 199 g/mol. The van der Waals surface area contributed by atoms with Gasteiger partial charge in [-0.05, 0) is 6.92 Å². The van der Waals surface area contributed by atoms with E-state index in [1.54, 1.807) is 10.9 Å². The van der Waals surface area contributed by atoms with Gasteiger partial charge in [-0.1, -0.05) is 5.21 Å². The molecule has 1 N–H and O–H groups in total. The highest BCUT2D eigenvalue weighted by Crippen LogP contribution is 1.94. The molecule has 0 aliphatic rings. The van der Waals surface area contributed by atoms with Crippen LogP contribution < -0.4 is 0 Å². The Kier molecular flexibility index (Phi) is 4.06. The van der Waals surface area contributed by atoms with Gasteiger partial charge in [-0.15, -0.1) is 5.10 Å². The van der Waals surface area contributed by atoms with Gasteiger partial charge in [0.15, 0.2) is 0 Å². The van der Waals surface area contributed by atoms with Crippen molar-refractivity contribution >= 4 is 5.97 Å². The van der Waals surface area contributed by atoms with Crippen LogP contribution in [0.3, 0.4) is 0 Å². The molecule has 1 aromatic rings. The molecule has 0 saturated carbocycles. The molecular weight excluding hydrogens is 186 g/mol. The molecule has 0 atom stereocenters. The Morgan fingerprint density at radius 3 is 3.14 bits per heavy atom. The zero-order valence-electron chi connectivity index (χ0n) is 8.01. The van der Waals surface area contributed by atoms with Crippen LogP contribution in [0.2, 0.25) is 0 Å². The number of carbonyl (C=O) groups is 1. The van der Waals surface area contributed by atoms with Crippen LogP contribution in [-0.2, 0) is 22.5 Å². The predicted molar refractivity (Wildman–Crippen MR) is 47.9 cm³/mol. The lowest BCUT2D eigenvalue weighted by Gasteiger charge is -1.99. The molecular formula is C8H13N3O3. The van der Waals surface area contributed by atoms with E-state index in [1.165, 1.54) is 0 Å². The minimum absolute atomic E-state index is 0.0887. The molecule has 0 amide bonds. The molecule has 0 aromatic carbocycles. The number of carboxylic acids is 1. The highest BCUT2D eigenvalue weighted by molar-refractivity contribution is 5.69. The van der Waals surface area contributed by atoms with Gasteiger partial charge in [0.25, 0.3) is 0 Å². The Morgan fingerprint density at radius 1 is 1.71 bits per heavy atom. The molecule has 78 valence electrons. The second-order valence-electron chi connectivity index (χ2n) is 2.74. The van der Waals surface area contributed by atoms with E-state index in [0.717, 1.165) is 0 Å². The van der Waals surface area contributed by atoms with E-state index in [-0.39, 0.29) is 6.42 Å². The maximum absolute atomic E-state index is 10.3. The van der Waals surface area contributed by atoms with E-state index in [0.29, 0.717) is 25.5 Å². The molecule has 14 heavy (non-hydrogen) atoms. The van der Waals surface area contributed by atoms with Crippen LogP contribution in [0.25, 0.3) is 0 Å². The van der Waals surface area contributed by atoms with Gasteiger partial charge in [-0.3, -0.25) is 4.79 Å². The summed E-state index contributed by atoms with van der Waals surface area (Å²) < 4.78 is 6.70. The van der Waals surface area contributed by atoms with E-state index in [9.17, 15) is 4.79 Å². The lowest BCUT2D eigenvalue weighted by molar-refractivity contribution is -0.136. The van der Waals surface area contributed by atoms with E-state index in [4.69, 9.17) is 9.84 Å². The number of ether oxygens (including phenoxy) is 1. The van der Waals surface area contributed by atoms with Crippen LogP contribution >= 0.6 is 0 Å². The maximum atomic E-state index is 10.3. The summed E-state index contributed by atoms with van der Waals surface area (Å²) in [4.78, 5) is 10.3. The Balaban J connectivity index is 2.38. The third kappa shape index (κ3) is 3.53. The Hall–Kier alpha value is -1.43. The van der Waals surface area contributed by atoms with Gasteiger partial charge in [0, 0.05) is 12.8 Å². The second-order valence-corrected chi connectivity index (χ2v) is 2.74. The number of aliphatic carboxylic acids is 1. The molecule has 0 radical (unpaired) electrons. The molecule has 0 aliphatic heterocycles. The summed E-state index contributed by atoms with van der Waals surface area (Å²) in [6.45, 7) is 3.74. The van der Waals surface area contributed by atoms with Crippen molar-refractivity contribution in [1.82, 2.24) is 15.0 Å². The number of hydrogen-bond acceptors (Lipinski definition) is 4. The van der Waals surface area contributed by atoms with Crippen molar-refractivity contribution in [1.29, 1.82) is 0 Å². The summed E-state index contributed by atoms with van der Waals surface area (Å²) in [5.41, 5.74) is 0.467. The summed E-state index contributed by atoms with van der Waals surface area (Å²) in [7, 11) is 0. The number of nitrogens with zero attached hydrogens (tertiary/aromatic N) is 3. The minimum Gasteiger partial charge on any atom is -0.481 e. The highest BCUT2D eigenvalue weighted by atomic mass is 16.5. The summed E-state index contributed by atoms with van der Waals surface area (Å²) in [5, 5.41) is 16.0. The smallest absolute Gasteiger partial charge is 0.309 e. The van der Waals surface area contributed by atoms with Gasteiger partial charge in [0.05, 0.1) is 25.3 Å². The molecule has 0 fully saturated rings. The molecule has 1 heterocycles. The van der Waals surface area contributed by atoms with Crippen molar-refractivity contribution in [3.63, 3.8) is 0 Å². The first kappa shape index (κ1) is 10.6. The minimum atomic E-state index is -0.901. The number of rotatable bonds is 6. The van der Waals surface area contributed by atoms with Gasteiger partial charge in [-0.2, -0.15) is 0 Å². The predicted octanol–water partition coefficient (Wildman–Crippen LogP) is -0.0583. The number of hydrogen-bond donors (Lipinski definition) is 1. The van der Waals surface area contributed by atoms with Crippen LogP contribution in [0.4, 0.5) is 0 Å². The van der Waals surface area contributed by atoms with Gasteiger partial charge >= 0.3 is 5.97 Å². The average Bonchev–Trinajstić information content (AvgIpc) is 2.52. The molecule has 0 saturated heterocycles. The highest BCUT2D eigenvalue weighted by Gasteiger charge is 2.04. The molecule has 0 spiro atoms. The molecule has 1 rings (SSSR count). The van der Waals surface area contributed by atoms with Crippen LogP contribution in [-0.4, -0.2) is 39.3 Å². The normalized spacial score (nSPS) is 10.4. The molecule has 6 nitrogen and oxygen atoms in total. The van der Waals surface area contributed by atoms with Crippen molar-refractivity contribution < 1.29 is 14.6 Å². The first-order chi connectivity index (χ1) is 6.72. The molecule has 0 unspecified atom stereocenters. The molecule has 6 heteroatoms. The fraction of sp³-hybridized carbons (Fsp3) is 0.625. The summed E-state index contributed by atoms with van der Waals surface area (Å²) in [6.07, 6.45) is 1.53. The lowest BCUT2D eigenvalue weighted by Crippen LogP contribution is -2.06. The second kappa shape index (κ2) is 5.33. The monoisotopic (exact) mass is 199 g/mol. The first-order valence-corrected chi connectivity index (χ1v) is 4.41. The number of carboxylic acid groups (broad SMARTS) is 1. The SMILES string of the molecule is CCOCCn1cc(CC(=O)O)nn1. The van der Waals surface area contributed by atoms with Gasteiger partial charge in [0.1, 0.15) is 0 Å². The van der Waals surface area contributed by atoms with Gasteiger partial charge in [0.2, 0.25) is 0 Å². The third-order valence-electron chi connectivity index (χ3n) is 1.59. The van der Waals surface area contributed by atoms with Gasteiger partial charge < -0.3 is 9.84 Å². The van der Waals surface area contributed by atoms with Crippen molar-refractivity contribution in [2.45, 2.75) is 19.9 Å². The van der Waals surface area contributed by atoms with E-state index in [1.807, 2.05) is 6.92 Å². The topological polar surface area (TPSA) is 77.2 Å². The van der Waals surface area contributed by atoms with E-state index >= 15 is 0 Å². The molecule has 0 aliphatic carbocycles. The summed E-state index contributed by atoms with van der Waals surface area (Å²) in [5.74, 6) is -0.901. The standard InChI is InChI=1S/C8H13N3O3/c1-2-14-4-3-11-6-7(9-10-11)5-8(12)13/h6H,2-5H2,1H3,(H,12,13). The van der Waals surface area contributed by atoms with Gasteiger partial charge in [-0.25, -0.2) is 4.68 Å².